The van der Waals surface area contributed by atoms with Crippen LogP contribution in [0, 0.1) is 0 Å². The Hall–Kier alpha value is -2.42. The van der Waals surface area contributed by atoms with Crippen molar-refractivity contribution in [3.05, 3.63) is 30.3 Å². The van der Waals surface area contributed by atoms with Crippen LogP contribution in [0.25, 0.3) is 0 Å². The van der Waals surface area contributed by atoms with Gasteiger partial charge in [0.25, 0.3) is 10.0 Å². The second kappa shape index (κ2) is 9.66. The van der Waals surface area contributed by atoms with Gasteiger partial charge in [0, 0.05) is 19.4 Å². The Labute approximate surface area is 140 Å². The zero-order chi connectivity index (χ0) is 18.0. The van der Waals surface area contributed by atoms with Crippen LogP contribution in [0.15, 0.2) is 35.2 Å². The van der Waals surface area contributed by atoms with Crippen LogP contribution in [-0.2, 0) is 29.1 Å². The number of carbonyl (C=O) groups is 3. The molecule has 24 heavy (non-hydrogen) atoms. The van der Waals surface area contributed by atoms with E-state index in [0.29, 0.717) is 0 Å². The second-order valence-electron chi connectivity index (χ2n) is 4.75. The minimum atomic E-state index is -3.93. The van der Waals surface area contributed by atoms with E-state index in [1.807, 2.05) is 4.72 Å². The zero-order valence-electron chi connectivity index (χ0n) is 13.3. The number of ether oxygens (including phenoxy) is 1. The summed E-state index contributed by atoms with van der Waals surface area (Å²) in [6, 6.07) is 7.45. The first-order valence-corrected chi connectivity index (χ1v) is 8.86. The number of hydrogen-bond donors (Lipinski definition) is 2. The lowest BCUT2D eigenvalue weighted by molar-refractivity contribution is -0.143. The Bertz CT molecular complexity index is 672. The number of carbonyl (C=O) groups excluding carboxylic acids is 3. The van der Waals surface area contributed by atoms with E-state index < -0.39 is 27.8 Å². The van der Waals surface area contributed by atoms with Gasteiger partial charge in [-0.15, -0.1) is 0 Å². The maximum atomic E-state index is 11.9. The van der Waals surface area contributed by atoms with E-state index in [0.717, 1.165) is 0 Å². The number of hydrogen-bond acceptors (Lipinski definition) is 6. The van der Waals surface area contributed by atoms with Gasteiger partial charge in [0.2, 0.25) is 11.8 Å². The predicted octanol–water partition coefficient (Wildman–Crippen LogP) is 0.341. The Morgan fingerprint density at radius 3 is 2.25 bits per heavy atom. The van der Waals surface area contributed by atoms with E-state index in [-0.39, 0.29) is 37.3 Å². The fraction of sp³-hybridized carbons (Fsp3) is 0.400. The second-order valence-corrected chi connectivity index (χ2v) is 6.43. The van der Waals surface area contributed by atoms with Crippen LogP contribution >= 0.6 is 0 Å². The van der Waals surface area contributed by atoms with Crippen molar-refractivity contribution in [3.8, 4) is 0 Å². The fourth-order valence-electron chi connectivity index (χ4n) is 1.71. The molecule has 9 heteroatoms. The van der Waals surface area contributed by atoms with Gasteiger partial charge in [0.1, 0.15) is 0 Å². The molecule has 2 amide bonds. The molecule has 2 N–H and O–H groups in total. The number of sulfonamides is 1. The third-order valence-electron chi connectivity index (χ3n) is 2.84. The number of benzene rings is 1. The van der Waals surface area contributed by atoms with Gasteiger partial charge in [-0.25, -0.2) is 13.1 Å². The average Bonchev–Trinajstić information content (AvgIpc) is 2.53. The summed E-state index contributed by atoms with van der Waals surface area (Å²) in [4.78, 5) is 34.2. The lowest BCUT2D eigenvalue weighted by Crippen LogP contribution is -2.32. The summed E-state index contributed by atoms with van der Waals surface area (Å²) in [7, 11) is -3.93. The van der Waals surface area contributed by atoms with Crippen molar-refractivity contribution in [2.75, 3.05) is 13.2 Å². The smallest absolute Gasteiger partial charge is 0.307 e. The van der Waals surface area contributed by atoms with E-state index in [1.165, 1.54) is 24.3 Å². The van der Waals surface area contributed by atoms with Gasteiger partial charge < -0.3 is 10.1 Å². The molecule has 0 fully saturated rings. The molecule has 132 valence electrons. The minimum absolute atomic E-state index is 0.0303. The molecule has 0 heterocycles. The van der Waals surface area contributed by atoms with Gasteiger partial charge in [-0.2, -0.15) is 0 Å². The van der Waals surface area contributed by atoms with E-state index in [2.05, 4.69) is 5.32 Å². The van der Waals surface area contributed by atoms with Gasteiger partial charge >= 0.3 is 5.97 Å². The van der Waals surface area contributed by atoms with Crippen LogP contribution in [0.2, 0.25) is 0 Å². The van der Waals surface area contributed by atoms with E-state index in [1.54, 1.807) is 13.0 Å². The lowest BCUT2D eigenvalue weighted by Gasteiger charge is -2.07. The molecule has 0 aliphatic heterocycles. The Balaban J connectivity index is 2.33. The highest BCUT2D eigenvalue weighted by atomic mass is 32.2. The lowest BCUT2D eigenvalue weighted by atomic mass is 10.3. The van der Waals surface area contributed by atoms with Crippen molar-refractivity contribution in [1.82, 2.24) is 10.0 Å². The molecule has 0 atom stereocenters. The number of esters is 1. The van der Waals surface area contributed by atoms with Crippen molar-refractivity contribution in [1.29, 1.82) is 0 Å². The first-order valence-electron chi connectivity index (χ1n) is 7.38. The summed E-state index contributed by atoms with van der Waals surface area (Å²) >= 11 is 0. The molecule has 0 aliphatic carbocycles. The quantitative estimate of drug-likeness (QED) is 0.616. The van der Waals surface area contributed by atoms with Crippen LogP contribution < -0.4 is 10.0 Å². The molecular weight excluding hydrogens is 336 g/mol. The van der Waals surface area contributed by atoms with Crippen molar-refractivity contribution in [2.24, 2.45) is 0 Å². The molecule has 0 unspecified atom stereocenters. The van der Waals surface area contributed by atoms with Gasteiger partial charge in [-0.1, -0.05) is 18.2 Å². The Morgan fingerprint density at radius 1 is 1.00 bits per heavy atom. The van der Waals surface area contributed by atoms with Crippen LogP contribution in [0.5, 0.6) is 0 Å². The fourth-order valence-corrected chi connectivity index (χ4v) is 2.75. The highest BCUT2D eigenvalue weighted by Crippen LogP contribution is 2.07. The Morgan fingerprint density at radius 2 is 1.62 bits per heavy atom. The molecule has 0 bridgehead atoms. The van der Waals surface area contributed by atoms with Crippen LogP contribution in [0.4, 0.5) is 0 Å². The van der Waals surface area contributed by atoms with Gasteiger partial charge in [-0.3, -0.25) is 14.4 Å². The molecule has 0 aromatic heterocycles. The summed E-state index contributed by atoms with van der Waals surface area (Å²) in [5.41, 5.74) is 0. The monoisotopic (exact) mass is 356 g/mol. The maximum Gasteiger partial charge on any atom is 0.307 e. The molecule has 1 aromatic rings. The van der Waals surface area contributed by atoms with Crippen molar-refractivity contribution in [3.63, 3.8) is 0 Å². The van der Waals surface area contributed by atoms with Gasteiger partial charge in [0.15, 0.2) is 0 Å². The molecule has 0 saturated carbocycles. The highest BCUT2D eigenvalue weighted by Gasteiger charge is 2.17. The summed E-state index contributed by atoms with van der Waals surface area (Å²) in [5.74, 6) is -1.66. The standard InChI is InChI=1S/C15H20N2O6S/c1-2-23-15(20)10-11-16-13(18)8-9-14(19)17-24(21,22)12-6-4-3-5-7-12/h3-7H,2,8-11H2,1H3,(H,16,18)(H,17,19). The summed E-state index contributed by atoms with van der Waals surface area (Å²) in [6.07, 6.45) is -0.426. The van der Waals surface area contributed by atoms with Crippen molar-refractivity contribution < 1.29 is 27.5 Å². The number of nitrogens with one attached hydrogen (secondary N) is 2. The molecule has 0 aliphatic rings. The average molecular weight is 356 g/mol. The molecule has 0 saturated heterocycles. The number of rotatable bonds is 9. The van der Waals surface area contributed by atoms with Gasteiger partial charge in [0.05, 0.1) is 17.9 Å². The topological polar surface area (TPSA) is 119 Å². The van der Waals surface area contributed by atoms with Crippen molar-refractivity contribution in [2.45, 2.75) is 31.1 Å². The van der Waals surface area contributed by atoms with E-state index >= 15 is 0 Å². The van der Waals surface area contributed by atoms with Crippen LogP contribution in [0.1, 0.15) is 26.2 Å². The first kappa shape index (κ1) is 19.6. The minimum Gasteiger partial charge on any atom is -0.466 e. The summed E-state index contributed by atoms with van der Waals surface area (Å²) in [6.45, 7) is 2.04. The third kappa shape index (κ3) is 7.23. The first-order chi connectivity index (χ1) is 11.3. The van der Waals surface area contributed by atoms with Crippen molar-refractivity contribution >= 4 is 27.8 Å². The Kier molecular flexibility index (Phi) is 7.90. The molecule has 1 aromatic carbocycles. The molecule has 0 radical (unpaired) electrons. The summed E-state index contributed by atoms with van der Waals surface area (Å²) in [5, 5.41) is 2.45. The number of amides is 2. The zero-order valence-corrected chi connectivity index (χ0v) is 14.1. The van der Waals surface area contributed by atoms with Crippen LogP contribution in [0.3, 0.4) is 0 Å². The normalized spacial score (nSPS) is 10.7. The summed E-state index contributed by atoms with van der Waals surface area (Å²) < 4.78 is 30.4. The highest BCUT2D eigenvalue weighted by molar-refractivity contribution is 7.90. The third-order valence-corrected chi connectivity index (χ3v) is 4.23. The largest absolute Gasteiger partial charge is 0.466 e. The molecule has 8 nitrogen and oxygen atoms in total. The SMILES string of the molecule is CCOC(=O)CCNC(=O)CCC(=O)NS(=O)(=O)c1ccccc1. The van der Waals surface area contributed by atoms with Crippen LogP contribution in [-0.4, -0.2) is 39.4 Å². The molecular formula is C15H20N2O6S. The predicted molar refractivity (Wildman–Crippen MR) is 85.3 cm³/mol. The molecule has 0 spiro atoms. The van der Waals surface area contributed by atoms with E-state index in [9.17, 15) is 22.8 Å². The van der Waals surface area contributed by atoms with Gasteiger partial charge in [-0.05, 0) is 19.1 Å². The van der Waals surface area contributed by atoms with E-state index in [4.69, 9.17) is 4.74 Å². The maximum absolute atomic E-state index is 11.9. The molecule has 1 rings (SSSR count).